The lowest BCUT2D eigenvalue weighted by atomic mass is 10.3. The first-order valence-electron chi connectivity index (χ1n) is 5.09. The van der Waals surface area contributed by atoms with E-state index in [0.717, 1.165) is 16.7 Å². The molecule has 0 amide bonds. The predicted molar refractivity (Wildman–Crippen MR) is 73.8 cm³/mol. The van der Waals surface area contributed by atoms with Crippen molar-refractivity contribution >= 4 is 28.5 Å². The van der Waals surface area contributed by atoms with E-state index in [-0.39, 0.29) is 0 Å². The number of hydrogen-bond donors (Lipinski definition) is 1. The van der Waals surface area contributed by atoms with Crippen LogP contribution < -0.4 is 5.32 Å². The number of aliphatic imine (C=N–C) groups is 1. The Kier molecular flexibility index (Phi) is 5.05. The molecule has 1 aromatic rings. The highest BCUT2D eigenvalue weighted by atomic mass is 32.2. The zero-order valence-electron chi connectivity index (χ0n) is 10.2. The molecule has 0 aliphatic carbocycles. The second-order valence-corrected chi connectivity index (χ2v) is 4.35. The van der Waals surface area contributed by atoms with Gasteiger partial charge < -0.3 is 5.32 Å². The fourth-order valence-electron chi connectivity index (χ4n) is 1.02. The van der Waals surface area contributed by atoms with Gasteiger partial charge in [0.25, 0.3) is 11.0 Å². The van der Waals surface area contributed by atoms with E-state index in [1.807, 2.05) is 62.2 Å². The molecule has 0 atom stereocenters. The Morgan fingerprint density at radius 1 is 1.25 bits per heavy atom. The average molecular weight is 236 g/mol. The zero-order valence-corrected chi connectivity index (χ0v) is 11.0. The molecule has 0 unspecified atom stereocenters. The highest BCUT2D eigenvalue weighted by Crippen LogP contribution is 2.09. The number of thioether (sulfide) groups is 1. The first-order valence-corrected chi connectivity index (χ1v) is 6.31. The van der Waals surface area contributed by atoms with Crippen LogP contribution in [0.1, 0.15) is 6.92 Å². The van der Waals surface area contributed by atoms with Crippen molar-refractivity contribution in [2.75, 3.05) is 25.7 Å². The largest absolute Gasteiger partial charge is 0.314 e. The van der Waals surface area contributed by atoms with Crippen LogP contribution >= 0.6 is 11.8 Å². The second-order valence-electron chi connectivity index (χ2n) is 3.55. The molecule has 0 aliphatic heterocycles. The Morgan fingerprint density at radius 2 is 1.88 bits per heavy atom. The number of hydrogen-bond acceptors (Lipinski definition) is 1. The fraction of sp³-hybridized carbons (Fsp3) is 0.333. The maximum Gasteiger partial charge on any atom is 0.293 e. The van der Waals surface area contributed by atoms with Crippen LogP contribution in [0.2, 0.25) is 0 Å². The van der Waals surface area contributed by atoms with Gasteiger partial charge in [-0.05, 0) is 23.4 Å². The third kappa shape index (κ3) is 4.06. The lowest BCUT2D eigenvalue weighted by Gasteiger charge is -2.02. The van der Waals surface area contributed by atoms with Crippen LogP contribution in [-0.4, -0.2) is 35.9 Å². The molecule has 0 fully saturated rings. The number of rotatable bonds is 1. The van der Waals surface area contributed by atoms with E-state index < -0.39 is 0 Å². The Morgan fingerprint density at radius 3 is 2.38 bits per heavy atom. The van der Waals surface area contributed by atoms with E-state index in [9.17, 15) is 0 Å². The van der Waals surface area contributed by atoms with E-state index in [1.165, 1.54) is 0 Å². The quantitative estimate of drug-likeness (QED) is 0.461. The van der Waals surface area contributed by atoms with Crippen LogP contribution in [0.25, 0.3) is 0 Å². The van der Waals surface area contributed by atoms with Gasteiger partial charge in [0.05, 0.1) is 14.1 Å². The molecular weight excluding hydrogens is 218 g/mol. The summed E-state index contributed by atoms with van der Waals surface area (Å²) in [6.45, 7) is 1.99. The fourth-order valence-corrected chi connectivity index (χ4v) is 1.46. The van der Waals surface area contributed by atoms with Crippen molar-refractivity contribution in [3.8, 4) is 0 Å². The van der Waals surface area contributed by atoms with Gasteiger partial charge in [-0.3, -0.25) is 4.58 Å². The lowest BCUT2D eigenvalue weighted by molar-refractivity contribution is -0.465. The molecule has 1 N–H and O–H groups in total. The van der Waals surface area contributed by atoms with Gasteiger partial charge in [0.2, 0.25) is 0 Å². The molecule has 86 valence electrons. The van der Waals surface area contributed by atoms with E-state index in [2.05, 4.69) is 10.3 Å². The maximum absolute atomic E-state index is 4.50. The maximum atomic E-state index is 4.50. The third-order valence-electron chi connectivity index (χ3n) is 2.13. The molecular formula is C12H18N3S+. The Balaban J connectivity index is 2.81. The average Bonchev–Trinajstić information content (AvgIpc) is 2.29. The number of nitrogens with one attached hydrogen (secondary N) is 1. The van der Waals surface area contributed by atoms with Crippen LogP contribution in [0.4, 0.5) is 5.69 Å². The minimum Gasteiger partial charge on any atom is -0.314 e. The van der Waals surface area contributed by atoms with Crippen molar-refractivity contribution < 1.29 is 4.58 Å². The summed E-state index contributed by atoms with van der Waals surface area (Å²) in [7, 11) is 3.97. The van der Waals surface area contributed by atoms with Gasteiger partial charge in [0, 0.05) is 12.6 Å². The van der Waals surface area contributed by atoms with Crippen molar-refractivity contribution in [2.24, 2.45) is 4.99 Å². The molecule has 0 aliphatic rings. The molecule has 16 heavy (non-hydrogen) atoms. The number of para-hydroxylation sites is 1. The first-order chi connectivity index (χ1) is 7.63. The predicted octanol–water partition coefficient (Wildman–Crippen LogP) is 2.51. The smallest absolute Gasteiger partial charge is 0.293 e. The topological polar surface area (TPSA) is 27.4 Å². The van der Waals surface area contributed by atoms with Crippen molar-refractivity contribution in [2.45, 2.75) is 6.92 Å². The number of anilines is 1. The first kappa shape index (κ1) is 12.8. The molecule has 1 rings (SSSR count). The van der Waals surface area contributed by atoms with Crippen LogP contribution in [0, 0.1) is 0 Å². The van der Waals surface area contributed by atoms with E-state index in [4.69, 9.17) is 0 Å². The summed E-state index contributed by atoms with van der Waals surface area (Å²) >= 11 is 1.60. The number of benzene rings is 1. The molecule has 0 aromatic heterocycles. The van der Waals surface area contributed by atoms with Crippen LogP contribution in [0.15, 0.2) is 35.3 Å². The highest BCUT2D eigenvalue weighted by molar-refractivity contribution is 8.13. The Labute approximate surface area is 101 Å². The van der Waals surface area contributed by atoms with Gasteiger partial charge in [0.15, 0.2) is 0 Å². The van der Waals surface area contributed by atoms with E-state index >= 15 is 0 Å². The molecule has 0 saturated heterocycles. The second kappa shape index (κ2) is 6.33. The third-order valence-corrected chi connectivity index (χ3v) is 2.71. The van der Waals surface area contributed by atoms with Gasteiger partial charge >= 0.3 is 0 Å². The van der Waals surface area contributed by atoms with Crippen molar-refractivity contribution in [3.05, 3.63) is 30.3 Å². The molecule has 0 spiro atoms. The molecule has 4 heteroatoms. The normalized spacial score (nSPS) is 11.1. The highest BCUT2D eigenvalue weighted by Gasteiger charge is 2.07. The molecule has 0 radical (unpaired) electrons. The van der Waals surface area contributed by atoms with Crippen LogP contribution in [-0.2, 0) is 0 Å². The summed E-state index contributed by atoms with van der Waals surface area (Å²) < 4.78 is 1.99. The van der Waals surface area contributed by atoms with Gasteiger partial charge in [0.1, 0.15) is 0 Å². The molecule has 0 bridgehead atoms. The zero-order chi connectivity index (χ0) is 12.0. The summed E-state index contributed by atoms with van der Waals surface area (Å²) in [4.78, 5) is 4.50. The molecule has 0 heterocycles. The Bertz CT molecular complexity index is 392. The minimum atomic E-state index is 0.900. The molecule has 3 nitrogen and oxygen atoms in total. The van der Waals surface area contributed by atoms with Gasteiger partial charge in [-0.1, -0.05) is 30.0 Å². The molecule has 1 aromatic carbocycles. The summed E-state index contributed by atoms with van der Waals surface area (Å²) in [6, 6.07) is 10.1. The minimum absolute atomic E-state index is 0.900. The number of amidine groups is 2. The van der Waals surface area contributed by atoms with Gasteiger partial charge in [-0.15, -0.1) is 0 Å². The van der Waals surface area contributed by atoms with Crippen molar-refractivity contribution in [3.63, 3.8) is 0 Å². The van der Waals surface area contributed by atoms with Gasteiger partial charge in [-0.2, -0.15) is 0 Å². The molecule has 0 saturated carbocycles. The van der Waals surface area contributed by atoms with Crippen LogP contribution in [0.5, 0.6) is 0 Å². The number of nitrogens with zero attached hydrogens (tertiary/aromatic N) is 2. The lowest BCUT2D eigenvalue weighted by Crippen LogP contribution is -2.13. The van der Waals surface area contributed by atoms with E-state index in [1.54, 1.807) is 11.8 Å². The standard InChI is InChI=1S/C12H17N3S/c1-10(15(2)3)13-12(16-4)14-11-8-6-5-7-9-11/h5-9H,1-4H3/p+1. The van der Waals surface area contributed by atoms with Crippen LogP contribution in [0.3, 0.4) is 0 Å². The SMILES string of the molecule is CSC(=NC(C)=[N+](C)C)Nc1ccccc1. The summed E-state index contributed by atoms with van der Waals surface area (Å²) in [6.07, 6.45) is 2.01. The Hall–Kier alpha value is -1.29. The summed E-state index contributed by atoms with van der Waals surface area (Å²) in [5.74, 6) is 0.979. The van der Waals surface area contributed by atoms with Gasteiger partial charge in [-0.25, -0.2) is 0 Å². The summed E-state index contributed by atoms with van der Waals surface area (Å²) in [5.41, 5.74) is 1.06. The monoisotopic (exact) mass is 236 g/mol. The van der Waals surface area contributed by atoms with Crippen molar-refractivity contribution in [1.29, 1.82) is 0 Å². The van der Waals surface area contributed by atoms with Crippen molar-refractivity contribution in [1.82, 2.24) is 0 Å². The van der Waals surface area contributed by atoms with E-state index in [0.29, 0.717) is 0 Å². The summed E-state index contributed by atoms with van der Waals surface area (Å²) in [5, 5.41) is 4.18.